The molecule has 0 saturated heterocycles. The number of nitrogens with zero attached hydrogens (tertiary/aromatic N) is 5. The van der Waals surface area contributed by atoms with Gasteiger partial charge in [0.05, 0.1) is 36.2 Å². The maximum absolute atomic E-state index is 12.9. The van der Waals surface area contributed by atoms with Gasteiger partial charge in [-0.1, -0.05) is 38.1 Å². The van der Waals surface area contributed by atoms with Crippen molar-refractivity contribution in [3.05, 3.63) is 89.2 Å². The smallest absolute Gasteiger partial charge is 0.416 e. The summed E-state index contributed by atoms with van der Waals surface area (Å²) < 4.78 is 50.7. The number of amidine groups is 1. The van der Waals surface area contributed by atoms with Crippen molar-refractivity contribution in [2.75, 3.05) is 13.0 Å². The van der Waals surface area contributed by atoms with Gasteiger partial charge in [-0.3, -0.25) is 10.2 Å². The zero-order chi connectivity index (χ0) is 31.9. The SMILES string of the molecule is COc1cc(C)c(N=C(N/N=C\c2ccc(-c3ncn(-c4ccc(C(F)(F)F)cc4)n3)cc2)SCOC(=O)C(C)C)c(C)c1. The van der Waals surface area contributed by atoms with Crippen molar-refractivity contribution in [2.45, 2.75) is 33.9 Å². The third-order valence-electron chi connectivity index (χ3n) is 6.28. The number of hydrazone groups is 1. The summed E-state index contributed by atoms with van der Waals surface area (Å²) in [7, 11) is 1.61. The number of carbonyl (C=O) groups excluding carboxylic acids is 1. The second kappa shape index (κ2) is 14.2. The van der Waals surface area contributed by atoms with Crippen LogP contribution in [0.15, 0.2) is 77.1 Å². The topological polar surface area (TPSA) is 103 Å². The zero-order valence-electron chi connectivity index (χ0n) is 24.7. The minimum atomic E-state index is -4.41. The second-order valence-corrected chi connectivity index (χ2v) is 10.9. The van der Waals surface area contributed by atoms with Gasteiger partial charge in [-0.05, 0) is 78.7 Å². The van der Waals surface area contributed by atoms with Crippen LogP contribution in [0, 0.1) is 19.8 Å². The Morgan fingerprint density at radius 3 is 2.32 bits per heavy atom. The molecule has 4 aromatic rings. The summed E-state index contributed by atoms with van der Waals surface area (Å²) in [5, 5.41) is 9.15. The van der Waals surface area contributed by atoms with E-state index < -0.39 is 11.7 Å². The first-order valence-electron chi connectivity index (χ1n) is 13.5. The molecule has 0 aliphatic carbocycles. The summed E-state index contributed by atoms with van der Waals surface area (Å²) in [6, 6.07) is 15.7. The fourth-order valence-corrected chi connectivity index (χ4v) is 4.47. The van der Waals surface area contributed by atoms with Gasteiger partial charge >= 0.3 is 12.1 Å². The molecule has 0 saturated carbocycles. The number of halogens is 3. The number of hydrogen-bond acceptors (Lipinski definition) is 8. The summed E-state index contributed by atoms with van der Waals surface area (Å²) in [6.45, 7) is 7.39. The third-order valence-corrected chi connectivity index (χ3v) is 6.97. The standard InChI is InChI=1S/C31H31F3N6O3S/c1-19(2)29(41)43-18-44-30(37-27-20(3)14-26(42-5)15-21(27)4)38-36-16-22-6-8-23(9-7-22)28-35-17-40(39-28)25-12-10-24(11-13-25)31(32,33)34/h6-17,19H,18H2,1-5H3,(H,37,38)/b36-16-. The summed E-state index contributed by atoms with van der Waals surface area (Å²) in [5.41, 5.74) is 6.74. The van der Waals surface area contributed by atoms with Gasteiger partial charge in [0.1, 0.15) is 18.0 Å². The molecule has 0 bridgehead atoms. The Hall–Kier alpha value is -4.65. The predicted octanol–water partition coefficient (Wildman–Crippen LogP) is 7.08. The van der Waals surface area contributed by atoms with Crippen molar-refractivity contribution >= 4 is 34.8 Å². The summed E-state index contributed by atoms with van der Waals surface area (Å²) in [4.78, 5) is 20.9. The van der Waals surface area contributed by atoms with Crippen molar-refractivity contribution in [1.82, 2.24) is 20.2 Å². The van der Waals surface area contributed by atoms with Crippen LogP contribution >= 0.6 is 11.8 Å². The normalized spacial score (nSPS) is 12.2. The Bertz CT molecular complexity index is 1630. The van der Waals surface area contributed by atoms with Crippen LogP contribution in [0.4, 0.5) is 18.9 Å². The number of aliphatic imine (C=N–C) groups is 1. The van der Waals surface area contributed by atoms with E-state index in [1.54, 1.807) is 27.2 Å². The van der Waals surface area contributed by atoms with E-state index in [1.165, 1.54) is 34.9 Å². The highest BCUT2D eigenvalue weighted by molar-refractivity contribution is 8.13. The minimum Gasteiger partial charge on any atom is -0.497 e. The van der Waals surface area contributed by atoms with Crippen molar-refractivity contribution in [2.24, 2.45) is 16.0 Å². The molecule has 9 nitrogen and oxygen atoms in total. The average molecular weight is 625 g/mol. The maximum Gasteiger partial charge on any atom is 0.416 e. The summed E-state index contributed by atoms with van der Waals surface area (Å²) >= 11 is 1.20. The van der Waals surface area contributed by atoms with Crippen molar-refractivity contribution < 1.29 is 27.4 Å². The molecule has 44 heavy (non-hydrogen) atoms. The molecule has 0 aliphatic rings. The Morgan fingerprint density at radius 2 is 1.73 bits per heavy atom. The van der Waals surface area contributed by atoms with Gasteiger partial charge in [0.25, 0.3) is 0 Å². The first-order chi connectivity index (χ1) is 20.9. The summed E-state index contributed by atoms with van der Waals surface area (Å²) in [6.07, 6.45) is -1.35. The lowest BCUT2D eigenvalue weighted by Gasteiger charge is -2.11. The van der Waals surface area contributed by atoms with Gasteiger partial charge in [0.2, 0.25) is 0 Å². The fraction of sp³-hybridized carbons (Fsp3) is 0.258. The van der Waals surface area contributed by atoms with Gasteiger partial charge in [0.15, 0.2) is 11.0 Å². The number of carbonyl (C=O) groups is 1. The van der Waals surface area contributed by atoms with Crippen LogP contribution in [0.5, 0.6) is 5.75 Å². The monoisotopic (exact) mass is 624 g/mol. The third kappa shape index (κ3) is 8.47. The molecule has 13 heteroatoms. The molecule has 0 amide bonds. The Morgan fingerprint density at radius 1 is 1.07 bits per heavy atom. The van der Waals surface area contributed by atoms with E-state index in [4.69, 9.17) is 14.5 Å². The molecule has 3 aromatic carbocycles. The number of aryl methyl sites for hydroxylation is 2. The maximum atomic E-state index is 12.9. The molecular formula is C31H31F3N6O3S. The van der Waals surface area contributed by atoms with Crippen LogP contribution in [-0.4, -0.2) is 45.2 Å². The molecular weight excluding hydrogens is 593 g/mol. The van der Waals surface area contributed by atoms with Gasteiger partial charge in [-0.15, -0.1) is 5.10 Å². The van der Waals surface area contributed by atoms with Gasteiger partial charge in [-0.2, -0.15) is 18.3 Å². The molecule has 0 unspecified atom stereocenters. The largest absolute Gasteiger partial charge is 0.497 e. The van der Waals surface area contributed by atoms with E-state index in [2.05, 4.69) is 20.6 Å². The lowest BCUT2D eigenvalue weighted by Crippen LogP contribution is -2.17. The predicted molar refractivity (Wildman–Crippen MR) is 165 cm³/mol. The van der Waals surface area contributed by atoms with Crippen LogP contribution in [0.25, 0.3) is 17.1 Å². The number of rotatable bonds is 9. The lowest BCUT2D eigenvalue weighted by molar-refractivity contribution is -0.145. The number of methoxy groups -OCH3 is 1. The number of alkyl halides is 3. The zero-order valence-corrected chi connectivity index (χ0v) is 25.5. The van der Waals surface area contributed by atoms with Crippen LogP contribution in [-0.2, 0) is 15.7 Å². The molecule has 0 aliphatic heterocycles. The Kier molecular flexibility index (Phi) is 10.4. The highest BCUT2D eigenvalue weighted by atomic mass is 32.2. The molecule has 0 spiro atoms. The number of aromatic nitrogens is 3. The molecule has 1 N–H and O–H groups in total. The van der Waals surface area contributed by atoms with Crippen LogP contribution in [0.2, 0.25) is 0 Å². The van der Waals surface area contributed by atoms with Gasteiger partial charge in [0, 0.05) is 5.56 Å². The quantitative estimate of drug-likeness (QED) is 0.0698. The van der Waals surface area contributed by atoms with E-state index in [-0.39, 0.29) is 17.8 Å². The van der Waals surface area contributed by atoms with Crippen LogP contribution < -0.4 is 10.2 Å². The number of nitrogens with one attached hydrogen (secondary N) is 1. The number of benzene rings is 3. The van der Waals surface area contributed by atoms with Crippen LogP contribution in [0.3, 0.4) is 0 Å². The number of thioether (sulfide) groups is 1. The Balaban J connectivity index is 1.46. The number of hydrogen-bond donors (Lipinski definition) is 1. The van der Waals surface area contributed by atoms with E-state index in [9.17, 15) is 18.0 Å². The van der Waals surface area contributed by atoms with Crippen molar-refractivity contribution in [3.8, 4) is 22.8 Å². The molecule has 0 atom stereocenters. The second-order valence-electron chi connectivity index (χ2n) is 9.96. The molecule has 0 radical (unpaired) electrons. The fourth-order valence-electron chi connectivity index (χ4n) is 3.91. The minimum absolute atomic E-state index is 0.0629. The highest BCUT2D eigenvalue weighted by Crippen LogP contribution is 2.30. The first kappa shape index (κ1) is 32.3. The van der Waals surface area contributed by atoms with E-state index >= 15 is 0 Å². The molecule has 1 aromatic heterocycles. The molecule has 0 fully saturated rings. The number of esters is 1. The van der Waals surface area contributed by atoms with E-state index in [1.807, 2.05) is 50.2 Å². The van der Waals surface area contributed by atoms with E-state index in [0.29, 0.717) is 16.7 Å². The van der Waals surface area contributed by atoms with Crippen molar-refractivity contribution in [1.29, 1.82) is 0 Å². The van der Waals surface area contributed by atoms with Gasteiger partial charge < -0.3 is 9.47 Å². The molecule has 230 valence electrons. The number of ether oxygens (including phenoxy) is 2. The van der Waals surface area contributed by atoms with E-state index in [0.717, 1.165) is 45.8 Å². The first-order valence-corrected chi connectivity index (χ1v) is 14.5. The lowest BCUT2D eigenvalue weighted by atomic mass is 10.1. The van der Waals surface area contributed by atoms with Crippen LogP contribution in [0.1, 0.15) is 36.1 Å². The average Bonchev–Trinajstić information content (AvgIpc) is 3.49. The Labute approximate surface area is 257 Å². The highest BCUT2D eigenvalue weighted by Gasteiger charge is 2.30. The van der Waals surface area contributed by atoms with Crippen molar-refractivity contribution in [3.63, 3.8) is 0 Å². The molecule has 4 rings (SSSR count). The van der Waals surface area contributed by atoms with Gasteiger partial charge in [-0.25, -0.2) is 14.7 Å². The molecule has 1 heterocycles. The summed E-state index contributed by atoms with van der Waals surface area (Å²) in [5.74, 6) is 0.655.